The average Bonchev–Trinajstić information content (AvgIpc) is 3.02. The van der Waals surface area contributed by atoms with E-state index in [4.69, 9.17) is 4.99 Å². The number of pyridine rings is 1. The number of aryl methyl sites for hydroxylation is 2. The summed E-state index contributed by atoms with van der Waals surface area (Å²) in [5, 5.41) is 7.87. The molecule has 0 bridgehead atoms. The summed E-state index contributed by atoms with van der Waals surface area (Å²) in [6.07, 6.45) is 1.87. The number of rotatable bonds is 6. The lowest BCUT2D eigenvalue weighted by Gasteiger charge is -2.34. The van der Waals surface area contributed by atoms with Crippen LogP contribution in [0.2, 0.25) is 0 Å². The van der Waals surface area contributed by atoms with Crippen LogP contribution in [-0.4, -0.2) is 60.6 Å². The van der Waals surface area contributed by atoms with E-state index in [-0.39, 0.29) is 24.0 Å². The first-order valence-electron chi connectivity index (χ1n) is 9.89. The molecule has 0 aromatic carbocycles. The highest BCUT2D eigenvalue weighted by Gasteiger charge is 2.17. The van der Waals surface area contributed by atoms with E-state index in [9.17, 15) is 0 Å². The number of hydrogen-bond acceptors (Lipinski definition) is 6. The number of aromatic nitrogens is 2. The first-order valence-corrected chi connectivity index (χ1v) is 10.7. The monoisotopic (exact) mass is 529 g/mol. The van der Waals surface area contributed by atoms with Crippen molar-refractivity contribution < 1.29 is 0 Å². The van der Waals surface area contributed by atoms with E-state index in [2.05, 4.69) is 57.4 Å². The Morgan fingerprint density at radius 3 is 2.62 bits per heavy atom. The molecular weight excluding hydrogens is 497 g/mol. The van der Waals surface area contributed by atoms with Crippen LogP contribution < -0.4 is 15.5 Å². The molecule has 1 fully saturated rings. The Morgan fingerprint density at radius 1 is 1.21 bits per heavy atom. The van der Waals surface area contributed by atoms with Crippen molar-refractivity contribution in [2.45, 2.75) is 33.9 Å². The summed E-state index contributed by atoms with van der Waals surface area (Å²) in [6, 6.07) is 4.12. The van der Waals surface area contributed by atoms with Crippen LogP contribution in [0.5, 0.6) is 0 Å². The van der Waals surface area contributed by atoms with Crippen molar-refractivity contribution in [2.75, 3.05) is 44.7 Å². The first-order chi connectivity index (χ1) is 13.6. The van der Waals surface area contributed by atoms with E-state index in [1.165, 1.54) is 4.88 Å². The van der Waals surface area contributed by atoms with E-state index >= 15 is 0 Å². The van der Waals surface area contributed by atoms with Gasteiger partial charge in [-0.15, -0.1) is 35.3 Å². The number of halogens is 1. The number of nitrogens with one attached hydrogen (secondary N) is 2. The van der Waals surface area contributed by atoms with Crippen molar-refractivity contribution >= 4 is 47.1 Å². The van der Waals surface area contributed by atoms with Crippen molar-refractivity contribution in [2.24, 2.45) is 4.99 Å². The van der Waals surface area contributed by atoms with Gasteiger partial charge in [-0.05, 0) is 33.9 Å². The van der Waals surface area contributed by atoms with Crippen molar-refractivity contribution in [1.82, 2.24) is 25.5 Å². The number of guanidine groups is 1. The lowest BCUT2D eigenvalue weighted by molar-refractivity contribution is 0.312. The van der Waals surface area contributed by atoms with Gasteiger partial charge in [0.1, 0.15) is 5.82 Å². The van der Waals surface area contributed by atoms with Gasteiger partial charge >= 0.3 is 0 Å². The summed E-state index contributed by atoms with van der Waals surface area (Å²) >= 11 is 1.73. The fourth-order valence-electron chi connectivity index (χ4n) is 3.26. The lowest BCUT2D eigenvalue weighted by Crippen LogP contribution is -2.45. The summed E-state index contributed by atoms with van der Waals surface area (Å²) < 4.78 is 0. The SMILES string of the molecule is CCNC(=NCc1cccnc1N1CCN(C)CC1)NCc1sc(C)nc1C.I. The number of thiazole rings is 1. The third-order valence-electron chi connectivity index (χ3n) is 4.84. The molecule has 1 aliphatic heterocycles. The first kappa shape index (κ1) is 23.8. The smallest absolute Gasteiger partial charge is 0.191 e. The zero-order chi connectivity index (χ0) is 19.9. The van der Waals surface area contributed by atoms with Crippen LogP contribution >= 0.6 is 35.3 Å². The molecule has 29 heavy (non-hydrogen) atoms. The highest BCUT2D eigenvalue weighted by molar-refractivity contribution is 14.0. The van der Waals surface area contributed by atoms with E-state index in [1.807, 2.05) is 19.2 Å². The summed E-state index contributed by atoms with van der Waals surface area (Å²) in [5.74, 6) is 1.88. The molecule has 1 saturated heterocycles. The Balaban J connectivity index is 0.00000300. The Morgan fingerprint density at radius 2 is 1.97 bits per heavy atom. The Labute approximate surface area is 195 Å². The van der Waals surface area contributed by atoms with Crippen LogP contribution in [0.15, 0.2) is 23.3 Å². The largest absolute Gasteiger partial charge is 0.357 e. The van der Waals surface area contributed by atoms with Gasteiger partial charge in [-0.1, -0.05) is 6.07 Å². The molecule has 160 valence electrons. The van der Waals surface area contributed by atoms with Gasteiger partial charge < -0.3 is 20.4 Å². The maximum absolute atomic E-state index is 4.81. The zero-order valence-electron chi connectivity index (χ0n) is 17.7. The van der Waals surface area contributed by atoms with Crippen LogP contribution in [0.1, 0.15) is 28.1 Å². The Bertz CT molecular complexity index is 800. The van der Waals surface area contributed by atoms with Crippen LogP contribution in [0.25, 0.3) is 0 Å². The van der Waals surface area contributed by atoms with Crippen molar-refractivity contribution in [3.05, 3.63) is 39.5 Å². The zero-order valence-corrected chi connectivity index (χ0v) is 20.9. The lowest BCUT2D eigenvalue weighted by atomic mass is 10.2. The van der Waals surface area contributed by atoms with Crippen LogP contribution in [0.4, 0.5) is 5.82 Å². The second-order valence-corrected chi connectivity index (χ2v) is 8.35. The molecule has 0 saturated carbocycles. The predicted molar refractivity (Wildman–Crippen MR) is 133 cm³/mol. The summed E-state index contributed by atoms with van der Waals surface area (Å²) in [4.78, 5) is 19.9. The Hall–Kier alpha value is -1.46. The van der Waals surface area contributed by atoms with Crippen LogP contribution in [0.3, 0.4) is 0 Å². The second kappa shape index (κ2) is 11.7. The van der Waals surface area contributed by atoms with Crippen molar-refractivity contribution in [3.63, 3.8) is 0 Å². The van der Waals surface area contributed by atoms with Gasteiger partial charge in [-0.3, -0.25) is 0 Å². The van der Waals surface area contributed by atoms with E-state index in [0.717, 1.165) is 67.3 Å². The standard InChI is InChI=1S/C20H31N7S.HI/c1-5-21-20(24-14-18-15(2)25-16(3)28-18)23-13-17-7-6-8-22-19(17)27-11-9-26(4)10-12-27;/h6-8H,5,9-14H2,1-4H3,(H2,21,23,24);1H. The summed E-state index contributed by atoms with van der Waals surface area (Å²) in [6.45, 7) is 12.5. The quantitative estimate of drug-likeness (QED) is 0.341. The van der Waals surface area contributed by atoms with Crippen LogP contribution in [-0.2, 0) is 13.1 Å². The minimum Gasteiger partial charge on any atom is -0.357 e. The number of aliphatic imine (C=N–C) groups is 1. The summed E-state index contributed by atoms with van der Waals surface area (Å²) in [5.41, 5.74) is 2.25. The molecule has 0 atom stereocenters. The maximum Gasteiger partial charge on any atom is 0.191 e. The molecule has 3 heterocycles. The summed E-state index contributed by atoms with van der Waals surface area (Å²) in [7, 11) is 2.17. The van der Waals surface area contributed by atoms with Gasteiger partial charge in [-0.25, -0.2) is 15.0 Å². The third kappa shape index (κ3) is 6.78. The van der Waals surface area contributed by atoms with E-state index in [0.29, 0.717) is 6.54 Å². The minimum absolute atomic E-state index is 0. The van der Waals surface area contributed by atoms with Crippen molar-refractivity contribution in [3.8, 4) is 0 Å². The highest BCUT2D eigenvalue weighted by atomic mass is 127. The molecule has 2 N–H and O–H groups in total. The number of piperazine rings is 1. The molecule has 9 heteroatoms. The van der Waals surface area contributed by atoms with E-state index in [1.54, 1.807) is 11.3 Å². The number of anilines is 1. The van der Waals surface area contributed by atoms with Crippen LogP contribution in [0, 0.1) is 13.8 Å². The second-order valence-electron chi connectivity index (χ2n) is 7.07. The molecular formula is C20H32IN7S. The predicted octanol–water partition coefficient (Wildman–Crippen LogP) is 2.78. The topological polar surface area (TPSA) is 68.7 Å². The number of likely N-dealkylation sites (N-methyl/N-ethyl adjacent to an activating group) is 1. The molecule has 0 amide bonds. The minimum atomic E-state index is 0. The van der Waals surface area contributed by atoms with Gasteiger partial charge in [0.05, 0.1) is 23.8 Å². The average molecular weight is 529 g/mol. The molecule has 0 unspecified atom stereocenters. The van der Waals surface area contributed by atoms with Gasteiger partial charge in [0.25, 0.3) is 0 Å². The normalized spacial score (nSPS) is 15.2. The third-order valence-corrected chi connectivity index (χ3v) is 5.91. The molecule has 0 aliphatic carbocycles. The molecule has 2 aromatic rings. The molecule has 0 radical (unpaired) electrons. The number of nitrogens with zero attached hydrogens (tertiary/aromatic N) is 5. The van der Waals surface area contributed by atoms with Gasteiger partial charge in [0, 0.05) is 49.4 Å². The molecule has 3 rings (SSSR count). The fourth-order valence-corrected chi connectivity index (χ4v) is 4.14. The molecule has 0 spiro atoms. The van der Waals surface area contributed by atoms with Gasteiger partial charge in [-0.2, -0.15) is 0 Å². The molecule has 7 nitrogen and oxygen atoms in total. The van der Waals surface area contributed by atoms with Crippen molar-refractivity contribution in [1.29, 1.82) is 0 Å². The molecule has 1 aliphatic rings. The Kier molecular flexibility index (Phi) is 9.57. The van der Waals surface area contributed by atoms with Gasteiger partial charge in [0.2, 0.25) is 0 Å². The van der Waals surface area contributed by atoms with Gasteiger partial charge in [0.15, 0.2) is 5.96 Å². The fraction of sp³-hybridized carbons (Fsp3) is 0.550. The highest BCUT2D eigenvalue weighted by Crippen LogP contribution is 2.20. The van der Waals surface area contributed by atoms with E-state index < -0.39 is 0 Å². The number of hydrogen-bond donors (Lipinski definition) is 2. The molecule has 2 aromatic heterocycles. The maximum atomic E-state index is 4.81.